The number of carboxylic acid groups (broad SMARTS) is 1. The Hall–Kier alpha value is -0.870. The molecule has 4 saturated carbocycles. The first-order valence-corrected chi connectivity index (χ1v) is 13.9. The molecule has 4 nitrogen and oxygen atoms in total. The zero-order chi connectivity index (χ0) is 24.9. The van der Waals surface area contributed by atoms with Gasteiger partial charge in [0.25, 0.3) is 0 Å². The van der Waals surface area contributed by atoms with Crippen LogP contribution in [-0.2, 0) is 4.79 Å². The van der Waals surface area contributed by atoms with Crippen LogP contribution in [0.15, 0.2) is 11.6 Å². The molecular weight excluding hydrogens is 424 g/mol. The summed E-state index contributed by atoms with van der Waals surface area (Å²) in [6, 6.07) is 0. The van der Waals surface area contributed by atoms with Gasteiger partial charge in [0.15, 0.2) is 0 Å². The van der Waals surface area contributed by atoms with Gasteiger partial charge in [-0.25, -0.2) is 0 Å². The summed E-state index contributed by atoms with van der Waals surface area (Å²) in [5, 5.41) is 32.6. The van der Waals surface area contributed by atoms with Gasteiger partial charge in [-0.05, 0) is 104 Å². The summed E-state index contributed by atoms with van der Waals surface area (Å²) in [5.74, 6) is 0.340. The maximum absolute atomic E-state index is 12.8. The lowest BCUT2D eigenvalue weighted by molar-refractivity contribution is -0.214. The molecule has 4 heteroatoms. The molecule has 8 atom stereocenters. The number of allylic oxidation sites excluding steroid dienone is 1. The van der Waals surface area contributed by atoms with E-state index in [0.29, 0.717) is 18.3 Å². The molecule has 0 bridgehead atoms. The van der Waals surface area contributed by atoms with E-state index in [1.54, 1.807) is 0 Å². The number of aliphatic carboxylic acids is 1. The monoisotopic (exact) mass is 472 g/mol. The minimum absolute atomic E-state index is 0.0302. The molecule has 34 heavy (non-hydrogen) atoms. The largest absolute Gasteiger partial charge is 0.481 e. The van der Waals surface area contributed by atoms with E-state index in [9.17, 15) is 20.1 Å². The Kier molecular flexibility index (Phi) is 5.36. The van der Waals surface area contributed by atoms with Crippen molar-refractivity contribution < 1.29 is 20.1 Å². The lowest BCUT2D eigenvalue weighted by atomic mass is 9.33. The highest BCUT2D eigenvalue weighted by Gasteiger charge is 2.70. The summed E-state index contributed by atoms with van der Waals surface area (Å²) < 4.78 is 0. The molecule has 0 aromatic heterocycles. The number of hydrogen-bond donors (Lipinski definition) is 3. The number of carboxylic acids is 1. The van der Waals surface area contributed by atoms with Crippen LogP contribution in [0.3, 0.4) is 0 Å². The maximum Gasteiger partial charge on any atom is 0.310 e. The molecule has 0 heterocycles. The van der Waals surface area contributed by atoms with Crippen molar-refractivity contribution in [3.8, 4) is 0 Å². The van der Waals surface area contributed by atoms with E-state index in [4.69, 9.17) is 0 Å². The van der Waals surface area contributed by atoms with Gasteiger partial charge in [0.1, 0.15) is 0 Å². The molecule has 0 amide bonds. The van der Waals surface area contributed by atoms with E-state index < -0.39 is 11.4 Å². The zero-order valence-corrected chi connectivity index (χ0v) is 22.4. The molecule has 0 spiro atoms. The molecule has 0 aromatic rings. The first kappa shape index (κ1) is 24.8. The van der Waals surface area contributed by atoms with Crippen molar-refractivity contribution >= 4 is 5.97 Å². The standard InChI is InChI=1S/C30H48O4/c1-25(2)13-14-29(24(33)34)15-16-30(18-31)19(20(29)17-25)7-8-22-27(5)11-10-23(32)26(3,4)21(27)9-12-28(22,30)6/h7,20-23,31-32H,8-18H2,1-6H3,(H,33,34)/t20?,21?,22-,23+,27+,28-,29+,30+/m1/s1. The maximum atomic E-state index is 12.8. The molecule has 4 fully saturated rings. The third kappa shape index (κ3) is 2.88. The predicted molar refractivity (Wildman–Crippen MR) is 134 cm³/mol. The van der Waals surface area contributed by atoms with Crippen LogP contribution in [-0.4, -0.2) is 34.0 Å². The Morgan fingerprint density at radius 2 is 1.62 bits per heavy atom. The van der Waals surface area contributed by atoms with E-state index >= 15 is 0 Å². The molecule has 0 aliphatic heterocycles. The average Bonchev–Trinajstić information content (AvgIpc) is 2.75. The molecule has 2 unspecified atom stereocenters. The van der Waals surface area contributed by atoms with Gasteiger partial charge in [-0.1, -0.05) is 53.2 Å². The number of rotatable bonds is 2. The molecule has 5 aliphatic rings. The molecule has 0 radical (unpaired) electrons. The van der Waals surface area contributed by atoms with Crippen LogP contribution in [0.25, 0.3) is 0 Å². The lowest BCUT2D eigenvalue weighted by Crippen LogP contribution is -2.66. The SMILES string of the molecule is CC1(C)CC[C@]2(C(=O)O)CC[C@]3(CO)C(=CC[C@@H]4[C@@]5(C)CC[C@H](O)C(C)(C)C5CC[C@]43C)C2C1. The minimum Gasteiger partial charge on any atom is -0.481 e. The van der Waals surface area contributed by atoms with Crippen molar-refractivity contribution in [3.05, 3.63) is 11.6 Å². The summed E-state index contributed by atoms with van der Waals surface area (Å²) in [7, 11) is 0. The fourth-order valence-electron chi connectivity index (χ4n) is 10.8. The number of carbonyl (C=O) groups is 1. The summed E-state index contributed by atoms with van der Waals surface area (Å²) in [6.07, 6.45) is 11.3. The normalized spacial score (nSPS) is 51.2. The van der Waals surface area contributed by atoms with Crippen LogP contribution in [0, 0.1) is 50.2 Å². The Morgan fingerprint density at radius 3 is 2.26 bits per heavy atom. The molecule has 3 N–H and O–H groups in total. The lowest BCUT2D eigenvalue weighted by Gasteiger charge is -2.71. The van der Waals surface area contributed by atoms with Crippen molar-refractivity contribution in [2.45, 2.75) is 112 Å². The number of fused-ring (bicyclic) bond motifs is 7. The van der Waals surface area contributed by atoms with Gasteiger partial charge in [0.05, 0.1) is 18.1 Å². The van der Waals surface area contributed by atoms with Gasteiger partial charge in [-0.2, -0.15) is 0 Å². The second-order valence-corrected chi connectivity index (χ2v) is 15.0. The minimum atomic E-state index is -0.665. The van der Waals surface area contributed by atoms with Crippen LogP contribution in [0.4, 0.5) is 0 Å². The Labute approximate surface area is 206 Å². The van der Waals surface area contributed by atoms with Gasteiger partial charge >= 0.3 is 5.97 Å². The van der Waals surface area contributed by atoms with Crippen molar-refractivity contribution in [2.24, 2.45) is 50.2 Å². The van der Waals surface area contributed by atoms with E-state index in [-0.39, 0.29) is 45.7 Å². The van der Waals surface area contributed by atoms with Crippen LogP contribution in [0.2, 0.25) is 0 Å². The summed E-state index contributed by atoms with van der Waals surface area (Å²) in [6.45, 7) is 14.2. The summed E-state index contributed by atoms with van der Waals surface area (Å²) in [4.78, 5) is 12.8. The van der Waals surface area contributed by atoms with Gasteiger partial charge in [0, 0.05) is 5.41 Å². The number of hydrogen-bond acceptors (Lipinski definition) is 3. The predicted octanol–water partition coefficient (Wildman–Crippen LogP) is 6.21. The number of aliphatic hydroxyl groups excluding tert-OH is 2. The Bertz CT molecular complexity index is 903. The van der Waals surface area contributed by atoms with Crippen molar-refractivity contribution in [1.29, 1.82) is 0 Å². The Balaban J connectivity index is 1.63. The first-order valence-electron chi connectivity index (χ1n) is 13.9. The van der Waals surface area contributed by atoms with Crippen molar-refractivity contribution in [3.63, 3.8) is 0 Å². The number of aliphatic hydroxyl groups is 2. The van der Waals surface area contributed by atoms with Gasteiger partial charge in [0.2, 0.25) is 0 Å². The van der Waals surface area contributed by atoms with E-state index in [2.05, 4.69) is 47.6 Å². The van der Waals surface area contributed by atoms with E-state index in [0.717, 1.165) is 57.8 Å². The quantitative estimate of drug-likeness (QED) is 0.418. The zero-order valence-electron chi connectivity index (χ0n) is 22.4. The highest BCUT2D eigenvalue weighted by Crippen LogP contribution is 2.75. The van der Waals surface area contributed by atoms with Crippen molar-refractivity contribution in [2.75, 3.05) is 6.61 Å². The second kappa shape index (κ2) is 7.34. The average molecular weight is 473 g/mol. The molecule has 0 aromatic carbocycles. The fraction of sp³-hybridized carbons (Fsp3) is 0.900. The topological polar surface area (TPSA) is 77.8 Å². The third-order valence-electron chi connectivity index (χ3n) is 13.0. The fourth-order valence-corrected chi connectivity index (χ4v) is 10.8. The van der Waals surface area contributed by atoms with E-state index in [1.807, 2.05) is 0 Å². The Morgan fingerprint density at radius 1 is 0.941 bits per heavy atom. The molecule has 192 valence electrons. The molecule has 5 aliphatic carbocycles. The van der Waals surface area contributed by atoms with Crippen LogP contribution >= 0.6 is 0 Å². The molecular formula is C30H48O4. The van der Waals surface area contributed by atoms with Crippen LogP contribution in [0.5, 0.6) is 0 Å². The van der Waals surface area contributed by atoms with Crippen LogP contribution < -0.4 is 0 Å². The highest BCUT2D eigenvalue weighted by atomic mass is 16.4. The van der Waals surface area contributed by atoms with Crippen molar-refractivity contribution in [1.82, 2.24) is 0 Å². The summed E-state index contributed by atoms with van der Waals surface area (Å²) >= 11 is 0. The second-order valence-electron chi connectivity index (χ2n) is 15.0. The van der Waals surface area contributed by atoms with Gasteiger partial charge < -0.3 is 15.3 Å². The van der Waals surface area contributed by atoms with Crippen LogP contribution in [0.1, 0.15) is 106 Å². The van der Waals surface area contributed by atoms with E-state index in [1.165, 1.54) is 5.57 Å². The third-order valence-corrected chi connectivity index (χ3v) is 13.0. The van der Waals surface area contributed by atoms with Gasteiger partial charge in [-0.15, -0.1) is 0 Å². The highest BCUT2D eigenvalue weighted by molar-refractivity contribution is 5.76. The molecule has 5 rings (SSSR count). The van der Waals surface area contributed by atoms with Gasteiger partial charge in [-0.3, -0.25) is 4.79 Å². The summed E-state index contributed by atoms with van der Waals surface area (Å²) in [5.41, 5.74) is 0.446. The molecule has 0 saturated heterocycles. The first-order chi connectivity index (χ1) is 15.7. The smallest absolute Gasteiger partial charge is 0.310 e.